The van der Waals surface area contributed by atoms with E-state index in [0.717, 1.165) is 4.31 Å². The molecule has 0 aromatic heterocycles. The Balaban J connectivity index is 1.88. The number of amides is 1. The number of hydrogen-bond donors (Lipinski definition) is 0. The number of rotatable bonds is 8. The fraction of sp³-hybridized carbons (Fsp3) is 0.174. The minimum Gasteiger partial charge on any atom is -0.340 e. The van der Waals surface area contributed by atoms with E-state index < -0.39 is 28.3 Å². The third-order valence-electron chi connectivity index (χ3n) is 4.90. The SMILES string of the molecule is CN(Cc1ccccc1F)C(=O)CN(Cc1ccc(Cl)c(Cl)c1)S(=O)(=O)c1ccc(Cl)cc1. The molecule has 33 heavy (non-hydrogen) atoms. The molecule has 0 saturated carbocycles. The molecule has 0 fully saturated rings. The van der Waals surface area contributed by atoms with Gasteiger partial charge in [-0.15, -0.1) is 0 Å². The van der Waals surface area contributed by atoms with Crippen LogP contribution >= 0.6 is 34.8 Å². The lowest BCUT2D eigenvalue weighted by molar-refractivity contribution is -0.130. The van der Waals surface area contributed by atoms with Crippen LogP contribution in [0, 0.1) is 5.82 Å². The van der Waals surface area contributed by atoms with Crippen molar-refractivity contribution in [1.29, 1.82) is 0 Å². The summed E-state index contributed by atoms with van der Waals surface area (Å²) >= 11 is 17.9. The summed E-state index contributed by atoms with van der Waals surface area (Å²) in [6.07, 6.45) is 0. The Morgan fingerprint density at radius 1 is 0.909 bits per heavy atom. The van der Waals surface area contributed by atoms with Crippen LogP contribution in [0.25, 0.3) is 0 Å². The number of likely N-dealkylation sites (N-methyl/N-ethyl adjacent to an activating group) is 1. The van der Waals surface area contributed by atoms with Crippen LogP contribution in [0.1, 0.15) is 11.1 Å². The van der Waals surface area contributed by atoms with Crippen molar-refractivity contribution in [1.82, 2.24) is 9.21 Å². The zero-order valence-electron chi connectivity index (χ0n) is 17.5. The van der Waals surface area contributed by atoms with Crippen LogP contribution in [0.15, 0.2) is 71.6 Å². The second kappa shape index (κ2) is 10.8. The van der Waals surface area contributed by atoms with Crippen LogP contribution in [0.5, 0.6) is 0 Å². The summed E-state index contributed by atoms with van der Waals surface area (Å²) in [4.78, 5) is 14.2. The highest BCUT2D eigenvalue weighted by atomic mass is 35.5. The Morgan fingerprint density at radius 3 is 2.21 bits per heavy atom. The van der Waals surface area contributed by atoms with Gasteiger partial charge in [0.2, 0.25) is 15.9 Å². The monoisotopic (exact) mass is 528 g/mol. The molecule has 0 saturated heterocycles. The van der Waals surface area contributed by atoms with Gasteiger partial charge in [0.25, 0.3) is 0 Å². The Labute approximate surface area is 207 Å². The van der Waals surface area contributed by atoms with Gasteiger partial charge in [0.15, 0.2) is 0 Å². The average Bonchev–Trinajstić information content (AvgIpc) is 2.77. The molecule has 0 spiro atoms. The number of halogens is 4. The molecule has 1 amide bonds. The topological polar surface area (TPSA) is 57.7 Å². The lowest BCUT2D eigenvalue weighted by Crippen LogP contribution is -2.41. The smallest absolute Gasteiger partial charge is 0.243 e. The van der Waals surface area contributed by atoms with Crippen molar-refractivity contribution in [2.24, 2.45) is 0 Å². The molecule has 0 unspecified atom stereocenters. The molecule has 0 radical (unpaired) electrons. The van der Waals surface area contributed by atoms with E-state index in [9.17, 15) is 17.6 Å². The Kier molecular flexibility index (Phi) is 8.37. The first kappa shape index (κ1) is 25.5. The van der Waals surface area contributed by atoms with E-state index in [1.165, 1.54) is 42.3 Å². The molecular formula is C23H20Cl3FN2O3S. The molecule has 3 rings (SSSR count). The summed E-state index contributed by atoms with van der Waals surface area (Å²) in [6.45, 7) is -0.593. The third-order valence-corrected chi connectivity index (χ3v) is 7.69. The first-order valence-electron chi connectivity index (χ1n) is 9.75. The van der Waals surface area contributed by atoms with Crippen LogP contribution in [-0.2, 0) is 27.9 Å². The maximum Gasteiger partial charge on any atom is 0.243 e. The number of nitrogens with zero attached hydrogens (tertiary/aromatic N) is 2. The number of sulfonamides is 1. The van der Waals surface area contributed by atoms with Crippen molar-refractivity contribution in [3.05, 3.63) is 98.7 Å². The second-order valence-corrected chi connectivity index (χ2v) is 10.5. The van der Waals surface area contributed by atoms with E-state index in [0.29, 0.717) is 21.2 Å². The normalized spacial score (nSPS) is 11.6. The van der Waals surface area contributed by atoms with Gasteiger partial charge in [-0.1, -0.05) is 59.1 Å². The average molecular weight is 530 g/mol. The van der Waals surface area contributed by atoms with E-state index >= 15 is 0 Å². The van der Waals surface area contributed by atoms with E-state index in [2.05, 4.69) is 0 Å². The van der Waals surface area contributed by atoms with Crippen LogP contribution in [0.4, 0.5) is 4.39 Å². The van der Waals surface area contributed by atoms with Gasteiger partial charge < -0.3 is 4.90 Å². The lowest BCUT2D eigenvalue weighted by atomic mass is 10.2. The fourth-order valence-corrected chi connectivity index (χ4v) is 4.89. The van der Waals surface area contributed by atoms with Gasteiger partial charge in [-0.05, 0) is 48.0 Å². The fourth-order valence-electron chi connectivity index (χ4n) is 3.07. The first-order valence-corrected chi connectivity index (χ1v) is 12.3. The first-order chi connectivity index (χ1) is 15.6. The summed E-state index contributed by atoms with van der Waals surface area (Å²) < 4.78 is 41.8. The molecule has 0 aliphatic rings. The standard InChI is InChI=1S/C23H20Cl3FN2O3S/c1-28(14-17-4-2-3-5-22(17)27)23(30)15-29(13-16-6-11-20(25)21(26)12-16)33(31,32)19-9-7-18(24)8-10-19/h2-12H,13-15H2,1H3. The maximum absolute atomic E-state index is 14.0. The van der Waals surface area contributed by atoms with Crippen LogP contribution in [0.2, 0.25) is 15.1 Å². The van der Waals surface area contributed by atoms with Gasteiger partial charge in [0, 0.05) is 30.7 Å². The molecule has 0 heterocycles. The van der Waals surface area contributed by atoms with Crippen LogP contribution in [0.3, 0.4) is 0 Å². The van der Waals surface area contributed by atoms with Crippen molar-refractivity contribution < 1.29 is 17.6 Å². The summed E-state index contributed by atoms with van der Waals surface area (Å²) in [5, 5.41) is 0.972. The van der Waals surface area contributed by atoms with Crippen LogP contribution in [-0.4, -0.2) is 37.1 Å². The summed E-state index contributed by atoms with van der Waals surface area (Å²) in [5.41, 5.74) is 0.872. The predicted octanol–water partition coefficient (Wildman–Crippen LogP) is 5.64. The molecule has 0 atom stereocenters. The molecule has 0 aliphatic heterocycles. The largest absolute Gasteiger partial charge is 0.340 e. The minimum absolute atomic E-state index is 0.00683. The highest BCUT2D eigenvalue weighted by Gasteiger charge is 2.28. The Hall–Kier alpha value is -2.16. The summed E-state index contributed by atoms with van der Waals surface area (Å²) in [5.74, 6) is -0.950. The highest BCUT2D eigenvalue weighted by molar-refractivity contribution is 7.89. The molecule has 0 N–H and O–H groups in total. The molecule has 3 aromatic rings. The van der Waals surface area contributed by atoms with Gasteiger partial charge in [-0.2, -0.15) is 4.31 Å². The molecule has 10 heteroatoms. The quantitative estimate of drug-likeness (QED) is 0.380. The molecule has 5 nitrogen and oxygen atoms in total. The third kappa shape index (κ3) is 6.46. The maximum atomic E-state index is 14.0. The van der Waals surface area contributed by atoms with Crippen molar-refractivity contribution in [2.75, 3.05) is 13.6 Å². The van der Waals surface area contributed by atoms with Gasteiger partial charge >= 0.3 is 0 Å². The van der Waals surface area contributed by atoms with Gasteiger partial charge in [0.1, 0.15) is 5.82 Å². The predicted molar refractivity (Wildman–Crippen MR) is 128 cm³/mol. The van der Waals surface area contributed by atoms with Gasteiger partial charge in [0.05, 0.1) is 21.5 Å². The van der Waals surface area contributed by atoms with Crippen molar-refractivity contribution in [2.45, 2.75) is 18.0 Å². The van der Waals surface area contributed by atoms with E-state index in [-0.39, 0.29) is 23.0 Å². The Bertz CT molecular complexity index is 1250. The number of benzene rings is 3. The number of hydrogen-bond acceptors (Lipinski definition) is 3. The molecule has 0 bridgehead atoms. The zero-order chi connectivity index (χ0) is 24.2. The number of carbonyl (C=O) groups is 1. The molecule has 174 valence electrons. The second-order valence-electron chi connectivity index (χ2n) is 7.32. The van der Waals surface area contributed by atoms with Gasteiger partial charge in [-0.3, -0.25) is 4.79 Å². The Morgan fingerprint density at radius 2 is 1.58 bits per heavy atom. The van der Waals surface area contributed by atoms with Crippen molar-refractivity contribution in [3.63, 3.8) is 0 Å². The lowest BCUT2D eigenvalue weighted by Gasteiger charge is -2.25. The molecular weight excluding hydrogens is 510 g/mol. The summed E-state index contributed by atoms with van der Waals surface area (Å²) in [7, 11) is -2.58. The zero-order valence-corrected chi connectivity index (χ0v) is 20.6. The van der Waals surface area contributed by atoms with Crippen LogP contribution < -0.4 is 0 Å². The number of carbonyl (C=O) groups excluding carboxylic acids is 1. The highest BCUT2D eigenvalue weighted by Crippen LogP contribution is 2.26. The van der Waals surface area contributed by atoms with E-state index in [4.69, 9.17) is 34.8 Å². The summed E-state index contributed by atoms with van der Waals surface area (Å²) in [6, 6.07) is 16.5. The molecule has 3 aromatic carbocycles. The van der Waals surface area contributed by atoms with E-state index in [1.807, 2.05) is 0 Å². The molecule has 0 aliphatic carbocycles. The minimum atomic E-state index is -4.07. The van der Waals surface area contributed by atoms with Crippen molar-refractivity contribution >= 4 is 50.7 Å². The van der Waals surface area contributed by atoms with Gasteiger partial charge in [-0.25, -0.2) is 12.8 Å². The van der Waals surface area contributed by atoms with Crippen molar-refractivity contribution in [3.8, 4) is 0 Å². The van der Waals surface area contributed by atoms with E-state index in [1.54, 1.807) is 36.4 Å².